The number of aryl methyl sites for hydroxylation is 1. The number of alkyl halides is 3. The van der Waals surface area contributed by atoms with Gasteiger partial charge in [-0.2, -0.15) is 0 Å². The third kappa shape index (κ3) is 4.86. The molecule has 2 aliphatic heterocycles. The molecule has 4 rings (SSSR count). The van der Waals surface area contributed by atoms with E-state index in [1.807, 2.05) is 11.0 Å². The average Bonchev–Trinajstić information content (AvgIpc) is 3.03. The van der Waals surface area contributed by atoms with Crippen LogP contribution < -0.4 is 4.74 Å². The van der Waals surface area contributed by atoms with E-state index in [1.54, 1.807) is 6.07 Å². The molecule has 1 aromatic carbocycles. The Balaban J connectivity index is 1.20. The maximum Gasteiger partial charge on any atom is 0.573 e. The van der Waals surface area contributed by atoms with Crippen molar-refractivity contribution in [2.24, 2.45) is 17.8 Å². The molecule has 1 aliphatic carbocycles. The van der Waals surface area contributed by atoms with E-state index in [1.165, 1.54) is 12.1 Å². The standard InChI is InChI=1S/C21H27F3N2O3/c22-21(23,24)29-16-5-1-3-14(9-16)6-7-17-18-10-25(11-19(17)18)12-20(28)26-8-2-4-15(26)13-27/h1,3,5,9,15,17-19,27H,2,4,6-8,10-13H2. The van der Waals surface area contributed by atoms with Crippen LogP contribution in [0.5, 0.6) is 5.75 Å². The highest BCUT2D eigenvalue weighted by Gasteiger charge is 2.54. The van der Waals surface area contributed by atoms with Gasteiger partial charge in [0.05, 0.1) is 19.2 Å². The van der Waals surface area contributed by atoms with Crippen LogP contribution in [0.1, 0.15) is 24.8 Å². The van der Waals surface area contributed by atoms with Gasteiger partial charge in [-0.3, -0.25) is 9.69 Å². The number of aliphatic hydroxyl groups excluding tert-OH is 1. The second-order valence-corrected chi connectivity index (χ2v) is 8.49. The summed E-state index contributed by atoms with van der Waals surface area (Å²) in [5.74, 6) is 1.71. The molecule has 0 bridgehead atoms. The van der Waals surface area contributed by atoms with Crippen LogP contribution in [0.25, 0.3) is 0 Å². The van der Waals surface area contributed by atoms with Crippen molar-refractivity contribution in [1.82, 2.24) is 9.80 Å². The minimum Gasteiger partial charge on any atom is -0.406 e. The van der Waals surface area contributed by atoms with Crippen LogP contribution >= 0.6 is 0 Å². The molecule has 3 unspecified atom stereocenters. The first-order chi connectivity index (χ1) is 13.8. The van der Waals surface area contributed by atoms with Crippen molar-refractivity contribution in [3.63, 3.8) is 0 Å². The van der Waals surface area contributed by atoms with E-state index in [-0.39, 0.29) is 24.3 Å². The Morgan fingerprint density at radius 1 is 1.24 bits per heavy atom. The lowest BCUT2D eigenvalue weighted by Crippen LogP contribution is -2.44. The molecule has 1 aromatic rings. The summed E-state index contributed by atoms with van der Waals surface area (Å²) in [5.41, 5.74) is 0.854. The lowest BCUT2D eigenvalue weighted by molar-refractivity contribution is -0.274. The molecule has 29 heavy (non-hydrogen) atoms. The number of likely N-dealkylation sites (tertiary alicyclic amines) is 2. The molecule has 2 heterocycles. The number of amides is 1. The number of halogens is 3. The van der Waals surface area contributed by atoms with Crippen molar-refractivity contribution >= 4 is 5.91 Å². The Bertz CT molecular complexity index is 730. The number of carbonyl (C=O) groups is 1. The van der Waals surface area contributed by atoms with Gasteiger partial charge in [0, 0.05) is 19.6 Å². The van der Waals surface area contributed by atoms with Gasteiger partial charge in [-0.05, 0) is 61.1 Å². The van der Waals surface area contributed by atoms with Gasteiger partial charge in [0.15, 0.2) is 0 Å². The lowest BCUT2D eigenvalue weighted by Gasteiger charge is -2.26. The molecular weight excluding hydrogens is 385 g/mol. The highest BCUT2D eigenvalue weighted by Crippen LogP contribution is 2.53. The van der Waals surface area contributed by atoms with E-state index in [2.05, 4.69) is 9.64 Å². The molecule has 3 atom stereocenters. The van der Waals surface area contributed by atoms with Crippen LogP contribution in [0.15, 0.2) is 24.3 Å². The monoisotopic (exact) mass is 412 g/mol. The molecular formula is C21H27F3N2O3. The minimum atomic E-state index is -4.67. The summed E-state index contributed by atoms with van der Waals surface area (Å²) in [4.78, 5) is 16.5. The third-order valence-electron chi connectivity index (χ3n) is 6.61. The van der Waals surface area contributed by atoms with Gasteiger partial charge in [0.1, 0.15) is 5.75 Å². The zero-order valence-electron chi connectivity index (χ0n) is 16.3. The molecule has 160 valence electrons. The van der Waals surface area contributed by atoms with Gasteiger partial charge in [-0.25, -0.2) is 0 Å². The summed E-state index contributed by atoms with van der Waals surface area (Å²) in [7, 11) is 0. The molecule has 8 heteroatoms. The number of fused-ring (bicyclic) bond motifs is 1. The third-order valence-corrected chi connectivity index (χ3v) is 6.61. The first-order valence-corrected chi connectivity index (χ1v) is 10.3. The Hall–Kier alpha value is -1.80. The lowest BCUT2D eigenvalue weighted by atomic mass is 10.0. The van der Waals surface area contributed by atoms with Gasteiger partial charge in [-0.15, -0.1) is 13.2 Å². The van der Waals surface area contributed by atoms with Crippen LogP contribution in [0.3, 0.4) is 0 Å². The smallest absolute Gasteiger partial charge is 0.406 e. The first kappa shape index (κ1) is 20.5. The molecule has 2 saturated heterocycles. The summed E-state index contributed by atoms with van der Waals surface area (Å²) >= 11 is 0. The Morgan fingerprint density at radius 3 is 2.69 bits per heavy atom. The summed E-state index contributed by atoms with van der Waals surface area (Å²) in [6.45, 7) is 3.03. The Labute approximate surface area is 168 Å². The van der Waals surface area contributed by atoms with Crippen molar-refractivity contribution in [2.45, 2.75) is 38.1 Å². The fourth-order valence-corrected chi connectivity index (χ4v) is 5.16. The second kappa shape index (κ2) is 8.14. The van der Waals surface area contributed by atoms with Gasteiger partial charge in [0.25, 0.3) is 0 Å². The van der Waals surface area contributed by atoms with Crippen LogP contribution in [-0.2, 0) is 11.2 Å². The molecule has 3 aliphatic rings. The SMILES string of the molecule is O=C(CN1CC2C(CCc3cccc(OC(F)(F)F)c3)C2C1)N1CCCC1CO. The van der Waals surface area contributed by atoms with Crippen molar-refractivity contribution in [2.75, 3.05) is 32.8 Å². The maximum atomic E-state index is 12.5. The van der Waals surface area contributed by atoms with Crippen molar-refractivity contribution in [3.8, 4) is 5.75 Å². The summed E-state index contributed by atoms with van der Waals surface area (Å²) < 4.78 is 41.1. The predicted octanol–water partition coefficient (Wildman–Crippen LogP) is 2.68. The number of rotatable bonds is 7. The van der Waals surface area contributed by atoms with Crippen molar-refractivity contribution in [1.29, 1.82) is 0 Å². The number of nitrogens with zero attached hydrogens (tertiary/aromatic N) is 2. The van der Waals surface area contributed by atoms with E-state index in [0.717, 1.165) is 50.9 Å². The number of aliphatic hydroxyl groups is 1. The number of benzene rings is 1. The zero-order chi connectivity index (χ0) is 20.6. The van der Waals surface area contributed by atoms with E-state index in [0.29, 0.717) is 24.3 Å². The summed E-state index contributed by atoms with van der Waals surface area (Å²) in [5, 5.41) is 9.38. The fourth-order valence-electron chi connectivity index (χ4n) is 5.16. The number of carbonyl (C=O) groups excluding carboxylic acids is 1. The van der Waals surface area contributed by atoms with E-state index >= 15 is 0 Å². The molecule has 0 spiro atoms. The zero-order valence-corrected chi connectivity index (χ0v) is 16.3. The summed E-state index contributed by atoms with van der Waals surface area (Å²) in [6.07, 6.45) is -1.15. The highest BCUT2D eigenvalue weighted by atomic mass is 19.4. The quantitative estimate of drug-likeness (QED) is 0.748. The van der Waals surface area contributed by atoms with Gasteiger partial charge in [0.2, 0.25) is 5.91 Å². The van der Waals surface area contributed by atoms with Crippen molar-refractivity contribution < 1.29 is 27.8 Å². The molecule has 3 fully saturated rings. The highest BCUT2D eigenvalue weighted by molar-refractivity contribution is 5.79. The number of hydrogen-bond acceptors (Lipinski definition) is 4. The predicted molar refractivity (Wildman–Crippen MR) is 100 cm³/mol. The number of piperidine rings is 1. The fraction of sp³-hybridized carbons (Fsp3) is 0.667. The summed E-state index contributed by atoms with van der Waals surface area (Å²) in [6, 6.07) is 6.18. The molecule has 0 radical (unpaired) electrons. The normalized spacial score (nSPS) is 29.2. The van der Waals surface area contributed by atoms with Crippen LogP contribution in [0.2, 0.25) is 0 Å². The number of hydrogen-bond donors (Lipinski definition) is 1. The second-order valence-electron chi connectivity index (χ2n) is 8.49. The molecule has 1 N–H and O–H groups in total. The maximum absolute atomic E-state index is 12.5. The average molecular weight is 412 g/mol. The first-order valence-electron chi connectivity index (χ1n) is 10.3. The van der Waals surface area contributed by atoms with Gasteiger partial charge >= 0.3 is 6.36 Å². The Kier molecular flexibility index (Phi) is 5.75. The molecule has 0 aromatic heterocycles. The topological polar surface area (TPSA) is 53.0 Å². The van der Waals surface area contributed by atoms with Crippen LogP contribution in [-0.4, -0.2) is 66.0 Å². The largest absolute Gasteiger partial charge is 0.573 e. The number of ether oxygens (including phenoxy) is 1. The van der Waals surface area contributed by atoms with Crippen LogP contribution in [0, 0.1) is 17.8 Å². The molecule has 1 saturated carbocycles. The van der Waals surface area contributed by atoms with Crippen LogP contribution in [0.4, 0.5) is 13.2 Å². The van der Waals surface area contributed by atoms with E-state index in [9.17, 15) is 23.1 Å². The Morgan fingerprint density at radius 2 is 2.00 bits per heavy atom. The van der Waals surface area contributed by atoms with Gasteiger partial charge in [-0.1, -0.05) is 12.1 Å². The molecule has 5 nitrogen and oxygen atoms in total. The van der Waals surface area contributed by atoms with E-state index < -0.39 is 6.36 Å². The van der Waals surface area contributed by atoms with Gasteiger partial charge < -0.3 is 14.7 Å². The minimum absolute atomic E-state index is 0.0236. The van der Waals surface area contributed by atoms with E-state index in [4.69, 9.17) is 0 Å². The molecule has 1 amide bonds. The van der Waals surface area contributed by atoms with Crippen molar-refractivity contribution in [3.05, 3.63) is 29.8 Å².